The lowest BCUT2D eigenvalue weighted by atomic mass is 10.1. The normalized spacial score (nSPS) is 10.4. The number of halogens is 2. The number of carbonyl (C=O) groups is 2. The highest BCUT2D eigenvalue weighted by Gasteiger charge is 2.10. The van der Waals surface area contributed by atoms with E-state index < -0.39 is 5.82 Å². The SMILES string of the molecule is CCCCCNC(=O)c1ccc(C(=O)Nc2ccc(F)c(Cl)c2)cc1. The molecule has 0 aliphatic carbocycles. The summed E-state index contributed by atoms with van der Waals surface area (Å²) in [5.41, 5.74) is 1.29. The topological polar surface area (TPSA) is 58.2 Å². The van der Waals surface area contributed by atoms with Crippen molar-refractivity contribution in [3.8, 4) is 0 Å². The Morgan fingerprint density at radius 1 is 1.00 bits per heavy atom. The predicted molar refractivity (Wildman–Crippen MR) is 97.7 cm³/mol. The molecule has 2 amide bonds. The third-order valence-corrected chi connectivity index (χ3v) is 3.94. The van der Waals surface area contributed by atoms with Crippen molar-refractivity contribution in [2.75, 3.05) is 11.9 Å². The van der Waals surface area contributed by atoms with Crippen LogP contribution in [-0.4, -0.2) is 18.4 Å². The second-order valence-corrected chi connectivity index (χ2v) is 6.03. The van der Waals surface area contributed by atoms with Gasteiger partial charge in [0.2, 0.25) is 0 Å². The molecule has 2 aromatic rings. The smallest absolute Gasteiger partial charge is 0.255 e. The van der Waals surface area contributed by atoms with Gasteiger partial charge in [-0.25, -0.2) is 4.39 Å². The summed E-state index contributed by atoms with van der Waals surface area (Å²) < 4.78 is 13.1. The van der Waals surface area contributed by atoms with E-state index in [2.05, 4.69) is 17.6 Å². The number of benzene rings is 2. The molecule has 0 saturated heterocycles. The average molecular weight is 363 g/mol. The molecule has 0 heterocycles. The molecule has 2 rings (SSSR count). The molecule has 0 unspecified atom stereocenters. The number of carbonyl (C=O) groups excluding carboxylic acids is 2. The Balaban J connectivity index is 1.95. The third-order valence-electron chi connectivity index (χ3n) is 3.65. The Hall–Kier alpha value is -2.40. The molecule has 132 valence electrons. The zero-order valence-electron chi connectivity index (χ0n) is 13.9. The second-order valence-electron chi connectivity index (χ2n) is 5.62. The molecule has 0 spiro atoms. The van der Waals surface area contributed by atoms with Crippen LogP contribution in [0.2, 0.25) is 5.02 Å². The van der Waals surface area contributed by atoms with Crippen molar-refractivity contribution in [2.24, 2.45) is 0 Å². The van der Waals surface area contributed by atoms with Gasteiger partial charge in [0.05, 0.1) is 5.02 Å². The summed E-state index contributed by atoms with van der Waals surface area (Å²) >= 11 is 5.69. The lowest BCUT2D eigenvalue weighted by molar-refractivity contribution is 0.0951. The van der Waals surface area contributed by atoms with Gasteiger partial charge in [0.1, 0.15) is 5.82 Å². The molecule has 0 aliphatic heterocycles. The predicted octanol–water partition coefficient (Wildman–Crippen LogP) is 4.65. The van der Waals surface area contributed by atoms with Crippen LogP contribution in [0.15, 0.2) is 42.5 Å². The number of nitrogens with one attached hydrogen (secondary N) is 2. The van der Waals surface area contributed by atoms with Crippen LogP contribution in [-0.2, 0) is 0 Å². The van der Waals surface area contributed by atoms with E-state index in [1.54, 1.807) is 24.3 Å². The molecule has 0 aliphatic rings. The van der Waals surface area contributed by atoms with Crippen LogP contribution in [0.1, 0.15) is 46.9 Å². The largest absolute Gasteiger partial charge is 0.352 e. The van der Waals surface area contributed by atoms with E-state index >= 15 is 0 Å². The highest BCUT2D eigenvalue weighted by molar-refractivity contribution is 6.31. The molecular formula is C19H20ClFN2O2. The first kappa shape index (κ1) is 18.9. The highest BCUT2D eigenvalue weighted by atomic mass is 35.5. The second kappa shape index (κ2) is 9.18. The lowest BCUT2D eigenvalue weighted by Crippen LogP contribution is -2.24. The van der Waals surface area contributed by atoms with Crippen LogP contribution in [0.5, 0.6) is 0 Å². The van der Waals surface area contributed by atoms with Gasteiger partial charge in [-0.05, 0) is 48.9 Å². The Morgan fingerprint density at radius 3 is 2.24 bits per heavy atom. The van der Waals surface area contributed by atoms with Gasteiger partial charge in [0.15, 0.2) is 0 Å². The van der Waals surface area contributed by atoms with E-state index in [0.717, 1.165) is 19.3 Å². The Kier molecular flexibility index (Phi) is 6.95. The molecule has 2 aromatic carbocycles. The minimum atomic E-state index is -0.547. The molecule has 0 radical (unpaired) electrons. The summed E-state index contributed by atoms with van der Waals surface area (Å²) in [5.74, 6) is -1.07. The summed E-state index contributed by atoms with van der Waals surface area (Å²) in [6, 6.07) is 10.3. The summed E-state index contributed by atoms with van der Waals surface area (Å²) in [7, 11) is 0. The number of rotatable bonds is 7. The van der Waals surface area contributed by atoms with E-state index in [9.17, 15) is 14.0 Å². The van der Waals surface area contributed by atoms with Crippen LogP contribution in [0, 0.1) is 5.82 Å². The first-order valence-electron chi connectivity index (χ1n) is 8.16. The minimum absolute atomic E-state index is 0.0621. The van der Waals surface area contributed by atoms with Crippen molar-refractivity contribution in [1.82, 2.24) is 5.32 Å². The maximum Gasteiger partial charge on any atom is 0.255 e. The fourth-order valence-corrected chi connectivity index (χ4v) is 2.41. The van der Waals surface area contributed by atoms with Gasteiger partial charge in [-0.15, -0.1) is 0 Å². The summed E-state index contributed by atoms with van der Waals surface area (Å²) in [6.45, 7) is 2.74. The number of amides is 2. The van der Waals surface area contributed by atoms with E-state index in [1.807, 2.05) is 0 Å². The molecule has 2 N–H and O–H groups in total. The van der Waals surface area contributed by atoms with E-state index in [-0.39, 0.29) is 16.8 Å². The lowest BCUT2D eigenvalue weighted by Gasteiger charge is -2.08. The molecule has 0 fully saturated rings. The number of unbranched alkanes of at least 4 members (excludes halogenated alkanes) is 2. The number of hydrogen-bond donors (Lipinski definition) is 2. The summed E-state index contributed by atoms with van der Waals surface area (Å²) in [4.78, 5) is 24.2. The van der Waals surface area contributed by atoms with Crippen molar-refractivity contribution in [3.63, 3.8) is 0 Å². The van der Waals surface area contributed by atoms with Crippen LogP contribution < -0.4 is 10.6 Å². The van der Waals surface area contributed by atoms with Gasteiger partial charge in [-0.3, -0.25) is 9.59 Å². The summed E-state index contributed by atoms with van der Waals surface area (Å²) in [5, 5.41) is 5.41. The number of anilines is 1. The quantitative estimate of drug-likeness (QED) is 0.704. The van der Waals surface area contributed by atoms with E-state index in [1.165, 1.54) is 18.2 Å². The van der Waals surface area contributed by atoms with Gasteiger partial charge in [0, 0.05) is 23.4 Å². The Morgan fingerprint density at radius 2 is 1.64 bits per heavy atom. The van der Waals surface area contributed by atoms with Crippen LogP contribution in [0.4, 0.5) is 10.1 Å². The van der Waals surface area contributed by atoms with Gasteiger partial charge in [-0.1, -0.05) is 31.4 Å². The molecule has 0 atom stereocenters. The Bertz CT molecular complexity index is 748. The summed E-state index contributed by atoms with van der Waals surface area (Å²) in [6.07, 6.45) is 3.12. The zero-order valence-corrected chi connectivity index (χ0v) is 14.7. The molecule has 25 heavy (non-hydrogen) atoms. The monoisotopic (exact) mass is 362 g/mol. The highest BCUT2D eigenvalue weighted by Crippen LogP contribution is 2.20. The van der Waals surface area contributed by atoms with Crippen LogP contribution in [0.25, 0.3) is 0 Å². The minimum Gasteiger partial charge on any atom is -0.352 e. The maximum atomic E-state index is 13.1. The first-order chi connectivity index (χ1) is 12.0. The van der Waals surface area contributed by atoms with Crippen LogP contribution in [0.3, 0.4) is 0 Å². The van der Waals surface area contributed by atoms with Crippen molar-refractivity contribution in [3.05, 3.63) is 64.4 Å². The maximum absolute atomic E-state index is 13.1. The number of hydrogen-bond acceptors (Lipinski definition) is 2. The van der Waals surface area contributed by atoms with E-state index in [0.29, 0.717) is 23.4 Å². The fourth-order valence-electron chi connectivity index (χ4n) is 2.23. The van der Waals surface area contributed by atoms with Gasteiger partial charge in [0.25, 0.3) is 11.8 Å². The van der Waals surface area contributed by atoms with Crippen molar-refractivity contribution >= 4 is 29.1 Å². The van der Waals surface area contributed by atoms with Crippen molar-refractivity contribution in [1.29, 1.82) is 0 Å². The van der Waals surface area contributed by atoms with Crippen molar-refractivity contribution in [2.45, 2.75) is 26.2 Å². The molecule has 0 saturated carbocycles. The first-order valence-corrected chi connectivity index (χ1v) is 8.53. The van der Waals surface area contributed by atoms with Crippen LogP contribution >= 0.6 is 11.6 Å². The van der Waals surface area contributed by atoms with Gasteiger partial charge in [-0.2, -0.15) is 0 Å². The Labute approximate surface area is 151 Å². The van der Waals surface area contributed by atoms with E-state index in [4.69, 9.17) is 11.6 Å². The zero-order chi connectivity index (χ0) is 18.2. The standard InChI is InChI=1S/C19H20ClFN2O2/c1-2-3-4-11-22-18(24)13-5-7-14(8-6-13)19(25)23-15-9-10-17(21)16(20)12-15/h5-10,12H,2-4,11H2,1H3,(H,22,24)(H,23,25). The van der Waals surface area contributed by atoms with Gasteiger partial charge >= 0.3 is 0 Å². The average Bonchev–Trinajstić information content (AvgIpc) is 2.62. The molecule has 4 nitrogen and oxygen atoms in total. The molecule has 6 heteroatoms. The molecule has 0 bridgehead atoms. The molecular weight excluding hydrogens is 343 g/mol. The van der Waals surface area contributed by atoms with Gasteiger partial charge < -0.3 is 10.6 Å². The molecule has 0 aromatic heterocycles. The fraction of sp³-hybridized carbons (Fsp3) is 0.263. The third kappa shape index (κ3) is 5.57. The van der Waals surface area contributed by atoms with Crippen molar-refractivity contribution < 1.29 is 14.0 Å².